The molecular weight excluding hydrogens is 931 g/mol. The molecule has 372 valence electrons. The molecule has 0 aliphatic rings. The van der Waals surface area contributed by atoms with Gasteiger partial charge < -0.3 is 43.1 Å². The first-order valence-electron chi connectivity index (χ1n) is 24.6. The summed E-state index contributed by atoms with van der Waals surface area (Å²) in [5, 5.41) is 0. The molecule has 0 amide bonds. The van der Waals surface area contributed by atoms with Crippen molar-refractivity contribution in [2.24, 2.45) is 0 Å². The third-order valence-electron chi connectivity index (χ3n) is 13.3. The quantitative estimate of drug-likeness (QED) is 0.0836. The molecule has 0 unspecified atom stereocenters. The Morgan fingerprint density at radius 2 is 0.373 bits per heavy atom. The van der Waals surface area contributed by atoms with Crippen LogP contribution in [0.15, 0.2) is 237 Å². The largest absolute Gasteiger partial charge is 0.497 e. The summed E-state index contributed by atoms with van der Waals surface area (Å²) in [6.45, 7) is 0. The lowest BCUT2D eigenvalue weighted by molar-refractivity contribution is 0.414. The van der Waals surface area contributed by atoms with Crippen LogP contribution in [0.25, 0.3) is 33.4 Å². The smallest absolute Gasteiger partial charge is 0.119 e. The van der Waals surface area contributed by atoms with Crippen LogP contribution in [0, 0.1) is 0 Å². The minimum Gasteiger partial charge on any atom is -0.497 e. The van der Waals surface area contributed by atoms with Gasteiger partial charge in [-0.1, -0.05) is 54.6 Å². The number of ether oxygens (including phenoxy) is 6. The Morgan fingerprint density at radius 1 is 0.200 bits per heavy atom. The predicted molar refractivity (Wildman–Crippen MR) is 306 cm³/mol. The van der Waals surface area contributed by atoms with Gasteiger partial charge in [-0.25, -0.2) is 0 Å². The Bertz CT molecular complexity index is 3140. The third-order valence-corrected chi connectivity index (χ3v) is 13.3. The van der Waals surface area contributed by atoms with Crippen LogP contribution in [0.4, 0.5) is 51.2 Å². The number of rotatable bonds is 18. The van der Waals surface area contributed by atoms with Crippen LogP contribution in [0.3, 0.4) is 0 Å². The zero-order valence-corrected chi connectivity index (χ0v) is 42.8. The van der Waals surface area contributed by atoms with E-state index in [0.717, 1.165) is 119 Å². The van der Waals surface area contributed by atoms with E-state index in [1.54, 1.807) is 42.7 Å². The lowest BCUT2D eigenvalue weighted by Gasteiger charge is -2.27. The number of anilines is 9. The van der Waals surface area contributed by atoms with E-state index in [-0.39, 0.29) is 0 Å². The van der Waals surface area contributed by atoms with Crippen molar-refractivity contribution >= 4 is 51.2 Å². The first-order chi connectivity index (χ1) is 36.9. The summed E-state index contributed by atoms with van der Waals surface area (Å²) in [5.74, 6) is 4.74. The minimum absolute atomic E-state index is 0.789. The molecule has 0 atom stereocenters. The number of hydrogen-bond acceptors (Lipinski definition) is 9. The second-order valence-electron chi connectivity index (χ2n) is 17.6. The second-order valence-corrected chi connectivity index (χ2v) is 17.6. The fourth-order valence-corrected chi connectivity index (χ4v) is 9.43. The molecule has 0 spiro atoms. The van der Waals surface area contributed by atoms with Crippen molar-refractivity contribution in [3.05, 3.63) is 237 Å². The van der Waals surface area contributed by atoms with Crippen LogP contribution >= 0.6 is 0 Å². The van der Waals surface area contributed by atoms with Gasteiger partial charge in [0.15, 0.2) is 0 Å². The van der Waals surface area contributed by atoms with Gasteiger partial charge in [0.25, 0.3) is 0 Å². The molecule has 0 aromatic heterocycles. The van der Waals surface area contributed by atoms with E-state index < -0.39 is 0 Å². The Morgan fingerprint density at radius 3 is 0.560 bits per heavy atom. The standard InChI is InChI=1S/C66H57N3O6/c1-70-58-34-22-52(23-35-58)67(53-24-36-59(71-2)37-25-53)49-16-10-46(11-17-49)64-8-7-9-65(47-12-18-50(19-13-47)68(54-26-38-60(72-3)39-27-54)55-28-40-61(73-4)41-29-55)66(64)48-14-20-51(21-15-48)69(56-30-42-62(74-5)43-31-56)57-32-44-63(75-6)45-33-57/h7-45H,1-6H3. The van der Waals surface area contributed by atoms with Crippen molar-refractivity contribution in [2.45, 2.75) is 0 Å². The average molecular weight is 988 g/mol. The fraction of sp³-hybridized carbons (Fsp3) is 0.0909. The number of methoxy groups -OCH3 is 6. The first-order valence-corrected chi connectivity index (χ1v) is 24.6. The molecule has 10 aromatic carbocycles. The van der Waals surface area contributed by atoms with Crippen LogP contribution in [-0.4, -0.2) is 42.7 Å². The molecule has 10 rings (SSSR count). The maximum atomic E-state index is 5.54. The molecule has 0 saturated carbocycles. The zero-order chi connectivity index (χ0) is 51.7. The van der Waals surface area contributed by atoms with Gasteiger partial charge in [0.1, 0.15) is 34.5 Å². The van der Waals surface area contributed by atoms with Crippen LogP contribution in [-0.2, 0) is 0 Å². The number of nitrogens with zero attached hydrogens (tertiary/aromatic N) is 3. The highest BCUT2D eigenvalue weighted by atomic mass is 16.5. The molecule has 0 aliphatic heterocycles. The fourth-order valence-electron chi connectivity index (χ4n) is 9.43. The van der Waals surface area contributed by atoms with Gasteiger partial charge in [-0.2, -0.15) is 0 Å². The molecule has 0 N–H and O–H groups in total. The molecule has 0 fully saturated rings. The van der Waals surface area contributed by atoms with Crippen LogP contribution in [0.1, 0.15) is 0 Å². The topological polar surface area (TPSA) is 65.1 Å². The number of benzene rings is 10. The van der Waals surface area contributed by atoms with Crippen molar-refractivity contribution in [1.29, 1.82) is 0 Å². The van der Waals surface area contributed by atoms with E-state index in [4.69, 9.17) is 28.4 Å². The van der Waals surface area contributed by atoms with Gasteiger partial charge in [-0.05, 0) is 215 Å². The van der Waals surface area contributed by atoms with E-state index in [9.17, 15) is 0 Å². The first kappa shape index (κ1) is 49.0. The van der Waals surface area contributed by atoms with E-state index in [1.807, 2.05) is 72.8 Å². The SMILES string of the molecule is COc1ccc(N(c2ccc(OC)cc2)c2ccc(-c3cccc(-c4ccc(N(c5ccc(OC)cc5)c5ccc(OC)cc5)cc4)c3-c3ccc(N(c4ccc(OC)cc4)c4ccc(OC)cc4)cc3)cc2)cc1. The van der Waals surface area contributed by atoms with E-state index in [2.05, 4.69) is 178 Å². The summed E-state index contributed by atoms with van der Waals surface area (Å²) in [5.41, 5.74) is 15.5. The third kappa shape index (κ3) is 10.5. The van der Waals surface area contributed by atoms with Crippen LogP contribution in [0.2, 0.25) is 0 Å². The van der Waals surface area contributed by atoms with Gasteiger partial charge in [0.2, 0.25) is 0 Å². The Balaban J connectivity index is 1.09. The van der Waals surface area contributed by atoms with Crippen molar-refractivity contribution in [3.63, 3.8) is 0 Å². The lowest BCUT2D eigenvalue weighted by atomic mass is 9.87. The van der Waals surface area contributed by atoms with Gasteiger partial charge >= 0.3 is 0 Å². The number of hydrogen-bond donors (Lipinski definition) is 0. The molecule has 75 heavy (non-hydrogen) atoms. The molecule has 0 aliphatic carbocycles. The minimum atomic E-state index is 0.789. The van der Waals surface area contributed by atoms with Crippen LogP contribution in [0.5, 0.6) is 34.5 Å². The molecule has 0 heterocycles. The molecule has 9 nitrogen and oxygen atoms in total. The van der Waals surface area contributed by atoms with Gasteiger partial charge in [-0.3, -0.25) is 0 Å². The highest BCUT2D eigenvalue weighted by Crippen LogP contribution is 2.45. The summed E-state index contributed by atoms with van der Waals surface area (Å²) in [4.78, 5) is 6.71. The second kappa shape index (κ2) is 22.4. The molecular formula is C66H57N3O6. The van der Waals surface area contributed by atoms with Gasteiger partial charge in [0, 0.05) is 51.2 Å². The van der Waals surface area contributed by atoms with Gasteiger partial charge in [-0.15, -0.1) is 0 Å². The molecule has 9 heteroatoms. The summed E-state index contributed by atoms with van der Waals surface area (Å²) in [7, 11) is 10.1. The van der Waals surface area contributed by atoms with Gasteiger partial charge in [0.05, 0.1) is 42.7 Å². The molecule has 0 saturated heterocycles. The predicted octanol–water partition coefficient (Wildman–Crippen LogP) is 17.1. The maximum absolute atomic E-state index is 5.54. The summed E-state index contributed by atoms with van der Waals surface area (Å²) >= 11 is 0. The molecule has 0 bridgehead atoms. The summed E-state index contributed by atoms with van der Waals surface area (Å²) < 4.78 is 33.2. The molecule has 0 radical (unpaired) electrons. The summed E-state index contributed by atoms with van der Waals surface area (Å²) in [6, 6.07) is 81.8. The van der Waals surface area contributed by atoms with E-state index in [0.29, 0.717) is 0 Å². The zero-order valence-electron chi connectivity index (χ0n) is 42.8. The maximum Gasteiger partial charge on any atom is 0.119 e. The van der Waals surface area contributed by atoms with Crippen molar-refractivity contribution in [1.82, 2.24) is 0 Å². The van der Waals surface area contributed by atoms with Crippen molar-refractivity contribution in [3.8, 4) is 67.9 Å². The van der Waals surface area contributed by atoms with Crippen LogP contribution < -0.4 is 43.1 Å². The Hall–Kier alpha value is -9.60. The van der Waals surface area contributed by atoms with Crippen molar-refractivity contribution < 1.29 is 28.4 Å². The van der Waals surface area contributed by atoms with E-state index in [1.165, 1.54) is 0 Å². The van der Waals surface area contributed by atoms with Crippen molar-refractivity contribution in [2.75, 3.05) is 57.4 Å². The molecule has 10 aromatic rings. The normalized spacial score (nSPS) is 10.8. The Labute approximate surface area is 439 Å². The summed E-state index contributed by atoms with van der Waals surface area (Å²) in [6.07, 6.45) is 0. The highest BCUT2D eigenvalue weighted by molar-refractivity contribution is 5.96. The highest BCUT2D eigenvalue weighted by Gasteiger charge is 2.20. The monoisotopic (exact) mass is 987 g/mol. The lowest BCUT2D eigenvalue weighted by Crippen LogP contribution is -2.10. The average Bonchev–Trinajstić information content (AvgIpc) is 3.49. The Kier molecular flexibility index (Phi) is 14.7. The van der Waals surface area contributed by atoms with E-state index >= 15 is 0 Å².